The largest absolute Gasteiger partial charge is 0.433 e. The van der Waals surface area contributed by atoms with Crippen molar-refractivity contribution in [1.82, 2.24) is 34.9 Å². The number of rotatable bonds is 15. The second-order valence-corrected chi connectivity index (χ2v) is 14.1. The summed E-state index contributed by atoms with van der Waals surface area (Å²) < 4.78 is 47.9. The van der Waals surface area contributed by atoms with Gasteiger partial charge in [0.15, 0.2) is 5.78 Å². The third kappa shape index (κ3) is 8.27. The molecule has 16 heteroatoms. The molecule has 1 aliphatic carbocycles. The SMILES string of the molecule is C=CCCCC(=O)NC[C@@]12C[C@@H](C(=O)Nc3nc(C(F)(F)F)ccc3C)N(C(=O)Cn3nc(C(C)=O)c4cc(Oc5ncc(C)cn5)cc(CC=C)c43)[C@@H]1C2. The molecule has 3 atom stereocenters. The zero-order chi connectivity index (χ0) is 39.7. The van der Waals surface area contributed by atoms with E-state index in [0.717, 1.165) is 11.6 Å². The number of ketones is 1. The highest BCUT2D eigenvalue weighted by atomic mass is 19.4. The molecule has 0 unspecified atom stereocenters. The third-order valence-corrected chi connectivity index (χ3v) is 9.93. The lowest BCUT2D eigenvalue weighted by Crippen LogP contribution is -2.47. The van der Waals surface area contributed by atoms with Crippen LogP contribution in [0.5, 0.6) is 11.8 Å². The van der Waals surface area contributed by atoms with Gasteiger partial charge in [-0.05, 0) is 80.8 Å². The number of unbranched alkanes of at least 4 members (excludes halogenated alkanes) is 1. The van der Waals surface area contributed by atoms with E-state index in [1.165, 1.54) is 29.5 Å². The van der Waals surface area contributed by atoms with E-state index in [-0.39, 0.29) is 55.1 Å². The first-order chi connectivity index (χ1) is 26.1. The number of benzene rings is 1. The van der Waals surface area contributed by atoms with Crippen molar-refractivity contribution >= 4 is 40.2 Å². The van der Waals surface area contributed by atoms with Crippen LogP contribution >= 0.6 is 0 Å². The summed E-state index contributed by atoms with van der Waals surface area (Å²) >= 11 is 0. The topological polar surface area (TPSA) is 161 Å². The molecular weight excluding hydrogens is 717 g/mol. The lowest BCUT2D eigenvalue weighted by Gasteiger charge is -2.27. The summed E-state index contributed by atoms with van der Waals surface area (Å²) in [6, 6.07) is 3.93. The number of nitrogens with one attached hydrogen (secondary N) is 2. The number of halogens is 3. The number of amides is 3. The number of alkyl halides is 3. The van der Waals surface area contributed by atoms with Gasteiger partial charge < -0.3 is 20.3 Å². The summed E-state index contributed by atoms with van der Waals surface area (Å²) in [7, 11) is 0. The number of pyridine rings is 1. The third-order valence-electron chi connectivity index (χ3n) is 9.93. The van der Waals surface area contributed by atoms with Crippen LogP contribution in [0.1, 0.15) is 71.9 Å². The van der Waals surface area contributed by atoms with Gasteiger partial charge in [-0.25, -0.2) is 15.0 Å². The molecule has 1 aliphatic heterocycles. The number of aryl methyl sites for hydroxylation is 2. The first kappa shape index (κ1) is 38.8. The number of ether oxygens (including phenoxy) is 1. The Morgan fingerprint density at radius 1 is 1.07 bits per heavy atom. The van der Waals surface area contributed by atoms with Gasteiger partial charge in [0.1, 0.15) is 35.5 Å². The second kappa shape index (κ2) is 15.4. The molecule has 0 radical (unpaired) electrons. The van der Waals surface area contributed by atoms with Crippen molar-refractivity contribution in [1.29, 1.82) is 0 Å². The Labute approximate surface area is 315 Å². The lowest BCUT2D eigenvalue weighted by atomic mass is 9.98. The smallest absolute Gasteiger partial charge is 0.424 e. The van der Waals surface area contributed by atoms with Crippen molar-refractivity contribution in [2.75, 3.05) is 11.9 Å². The van der Waals surface area contributed by atoms with Crippen molar-refractivity contribution < 1.29 is 37.1 Å². The fraction of sp³-hybridized carbons (Fsp3) is 0.385. The Kier molecular flexibility index (Phi) is 10.9. The average Bonchev–Trinajstić information content (AvgIpc) is 3.54. The van der Waals surface area contributed by atoms with E-state index < -0.39 is 41.2 Å². The van der Waals surface area contributed by atoms with Crippen molar-refractivity contribution in [3.05, 3.63) is 90.0 Å². The predicted octanol–water partition coefficient (Wildman–Crippen LogP) is 6.05. The first-order valence-electron chi connectivity index (χ1n) is 17.8. The number of fused-ring (bicyclic) bond motifs is 2. The van der Waals surface area contributed by atoms with Crippen LogP contribution in [0.15, 0.2) is 62.0 Å². The summed E-state index contributed by atoms with van der Waals surface area (Å²) in [6.45, 7) is 12.1. The lowest BCUT2D eigenvalue weighted by molar-refractivity contribution is -0.141. The predicted molar refractivity (Wildman–Crippen MR) is 196 cm³/mol. The molecule has 0 bridgehead atoms. The number of Topliss-reactive ketones (excluding diaryl/α,β-unsaturated/α-hetero) is 1. The molecule has 6 rings (SSSR count). The molecule has 13 nitrogen and oxygen atoms in total. The molecule has 55 heavy (non-hydrogen) atoms. The molecule has 0 spiro atoms. The molecule has 4 heterocycles. The number of anilines is 1. The summed E-state index contributed by atoms with van der Waals surface area (Å²) in [4.78, 5) is 67.4. The molecule has 288 valence electrons. The van der Waals surface area contributed by atoms with E-state index in [1.807, 2.05) is 6.92 Å². The van der Waals surface area contributed by atoms with Crippen LogP contribution in [0.4, 0.5) is 19.0 Å². The maximum Gasteiger partial charge on any atom is 0.433 e. The number of aromatic nitrogens is 5. The van der Waals surface area contributed by atoms with Gasteiger partial charge in [-0.3, -0.25) is 23.9 Å². The molecule has 2 aliphatic rings. The van der Waals surface area contributed by atoms with Gasteiger partial charge in [-0.15, -0.1) is 13.2 Å². The quantitative estimate of drug-likeness (QED) is 0.0836. The van der Waals surface area contributed by atoms with Crippen molar-refractivity contribution in [2.45, 2.75) is 84.1 Å². The number of hydrogen-bond acceptors (Lipinski definition) is 9. The summed E-state index contributed by atoms with van der Waals surface area (Å²) in [6.07, 6.45) is 4.39. The summed E-state index contributed by atoms with van der Waals surface area (Å²) in [5.74, 6) is -1.70. The summed E-state index contributed by atoms with van der Waals surface area (Å²) in [5, 5.41) is 10.4. The Bertz CT molecular complexity index is 2180. The molecule has 2 N–H and O–H groups in total. The molecule has 1 saturated carbocycles. The molecule has 3 amide bonds. The van der Waals surface area contributed by atoms with Crippen LogP contribution in [-0.2, 0) is 33.5 Å². The zero-order valence-corrected chi connectivity index (χ0v) is 30.7. The number of piperidine rings is 1. The maximum atomic E-state index is 14.4. The van der Waals surface area contributed by atoms with Crippen LogP contribution in [0.3, 0.4) is 0 Å². The van der Waals surface area contributed by atoms with Crippen molar-refractivity contribution in [3.8, 4) is 11.8 Å². The molecule has 3 aromatic heterocycles. The van der Waals surface area contributed by atoms with E-state index in [2.05, 4.69) is 43.8 Å². The van der Waals surface area contributed by atoms with Crippen LogP contribution in [-0.4, -0.2) is 71.8 Å². The van der Waals surface area contributed by atoms with Gasteiger partial charge >= 0.3 is 12.2 Å². The van der Waals surface area contributed by atoms with Gasteiger partial charge in [0.05, 0.1) is 5.52 Å². The van der Waals surface area contributed by atoms with Crippen LogP contribution in [0.25, 0.3) is 10.9 Å². The maximum absolute atomic E-state index is 14.4. The zero-order valence-electron chi connectivity index (χ0n) is 30.7. The van der Waals surface area contributed by atoms with Gasteiger partial charge in [-0.1, -0.05) is 18.2 Å². The van der Waals surface area contributed by atoms with Crippen molar-refractivity contribution in [3.63, 3.8) is 0 Å². The number of allylic oxidation sites excluding steroid dienone is 2. The molecule has 4 aromatic rings. The van der Waals surface area contributed by atoms with E-state index in [1.54, 1.807) is 36.7 Å². The highest BCUT2D eigenvalue weighted by Crippen LogP contribution is 2.59. The second-order valence-electron chi connectivity index (χ2n) is 14.1. The van der Waals surface area contributed by atoms with E-state index in [4.69, 9.17) is 4.74 Å². The first-order valence-corrected chi connectivity index (χ1v) is 17.8. The molecule has 1 saturated heterocycles. The standard InChI is InChI=1S/C39H41F3N8O5/c1-6-8-9-11-31(52)45-21-38-16-28(36(54)47-35-23(4)12-13-29(46-35)39(40,41)42)50(30(38)17-38)32(53)20-49-34-25(10-7-2)14-26(15-27(34)33(48-49)24(5)51)55-37-43-18-22(3)19-44-37/h6-7,12-15,18-19,28,30H,1-2,8-11,16-17,20-21H2,3-5H3,(H,45,52)(H,46,47,54)/t28-,30+,38-/m0/s1. The summed E-state index contributed by atoms with van der Waals surface area (Å²) in [5.41, 5.74) is 0.552. The monoisotopic (exact) mass is 758 g/mol. The fourth-order valence-electron chi connectivity index (χ4n) is 7.12. The Morgan fingerprint density at radius 3 is 2.49 bits per heavy atom. The van der Waals surface area contributed by atoms with Gasteiger partial charge in [0, 0.05) is 49.1 Å². The van der Waals surface area contributed by atoms with Gasteiger partial charge in [0.2, 0.25) is 17.7 Å². The van der Waals surface area contributed by atoms with Gasteiger partial charge in [0.25, 0.3) is 0 Å². The number of likely N-dealkylation sites (tertiary alicyclic amines) is 1. The van der Waals surface area contributed by atoms with Crippen LogP contribution < -0.4 is 15.4 Å². The minimum absolute atomic E-state index is 0.0881. The average molecular weight is 759 g/mol. The Morgan fingerprint density at radius 2 is 1.82 bits per heavy atom. The normalized spacial score (nSPS) is 18.8. The fourth-order valence-corrected chi connectivity index (χ4v) is 7.12. The van der Waals surface area contributed by atoms with E-state index >= 15 is 0 Å². The van der Waals surface area contributed by atoms with Gasteiger partial charge in [-0.2, -0.15) is 18.3 Å². The number of carbonyl (C=O) groups is 4. The number of hydrogen-bond donors (Lipinski definition) is 2. The Balaban J connectivity index is 1.32. The van der Waals surface area contributed by atoms with E-state index in [0.29, 0.717) is 53.5 Å². The van der Waals surface area contributed by atoms with Crippen LogP contribution in [0, 0.1) is 19.3 Å². The highest BCUT2D eigenvalue weighted by molar-refractivity contribution is 6.06. The number of carbonyl (C=O) groups excluding carboxylic acids is 4. The Hall–Kier alpha value is -5.93. The minimum Gasteiger partial charge on any atom is -0.424 e. The van der Waals surface area contributed by atoms with E-state index in [9.17, 15) is 32.3 Å². The van der Waals surface area contributed by atoms with Crippen molar-refractivity contribution in [2.24, 2.45) is 5.41 Å². The minimum atomic E-state index is -4.74. The van der Waals surface area contributed by atoms with Crippen LogP contribution in [0.2, 0.25) is 0 Å². The molecule has 2 fully saturated rings. The highest BCUT2D eigenvalue weighted by Gasteiger charge is 2.67. The molecule has 1 aromatic carbocycles. The molecular formula is C39H41F3N8O5. The number of nitrogens with zero attached hydrogens (tertiary/aromatic N) is 6.